The van der Waals surface area contributed by atoms with Crippen molar-refractivity contribution in [1.29, 1.82) is 0 Å². The zero-order chi connectivity index (χ0) is 11.2. The van der Waals surface area contributed by atoms with Crippen LogP contribution in [-0.2, 0) is 14.9 Å². The second kappa shape index (κ2) is 2.88. The van der Waals surface area contributed by atoms with Gasteiger partial charge in [0.25, 0.3) is 21.8 Å². The molecular formula is C8H5NO5S. The van der Waals surface area contributed by atoms with Gasteiger partial charge in [0.2, 0.25) is 0 Å². The van der Waals surface area contributed by atoms with Crippen LogP contribution in [0.5, 0.6) is 0 Å². The van der Waals surface area contributed by atoms with Gasteiger partial charge in [-0.3, -0.25) is 14.1 Å². The molecule has 1 aliphatic rings. The lowest BCUT2D eigenvalue weighted by molar-refractivity contribution is -0.112. The van der Waals surface area contributed by atoms with Crippen molar-refractivity contribution >= 4 is 27.5 Å². The molecule has 0 bridgehead atoms. The molecule has 0 aliphatic carbocycles. The van der Waals surface area contributed by atoms with Crippen molar-refractivity contribution in [2.75, 3.05) is 5.32 Å². The molecule has 0 fully saturated rings. The Hall–Kier alpha value is -1.73. The van der Waals surface area contributed by atoms with Gasteiger partial charge in [0.1, 0.15) is 4.90 Å². The van der Waals surface area contributed by atoms with E-state index in [2.05, 4.69) is 5.32 Å². The molecule has 1 aromatic rings. The average Bonchev–Trinajstić information content (AvgIpc) is 2.41. The lowest BCUT2D eigenvalue weighted by atomic mass is 10.1. The first kappa shape index (κ1) is 9.81. The number of hydrogen-bond acceptors (Lipinski definition) is 4. The Morgan fingerprint density at radius 2 is 1.87 bits per heavy atom. The van der Waals surface area contributed by atoms with Crippen LogP contribution < -0.4 is 5.32 Å². The zero-order valence-corrected chi connectivity index (χ0v) is 8.04. The Kier molecular flexibility index (Phi) is 1.88. The number of rotatable bonds is 1. The van der Waals surface area contributed by atoms with Crippen LogP contribution in [0.25, 0.3) is 0 Å². The summed E-state index contributed by atoms with van der Waals surface area (Å²) in [5.41, 5.74) is -0.204. The molecule has 6 nitrogen and oxygen atoms in total. The minimum atomic E-state index is -4.50. The van der Waals surface area contributed by atoms with E-state index >= 15 is 0 Å². The average molecular weight is 227 g/mol. The quantitative estimate of drug-likeness (QED) is 0.522. The molecule has 0 saturated heterocycles. The number of fused-ring (bicyclic) bond motifs is 1. The molecular weight excluding hydrogens is 222 g/mol. The van der Waals surface area contributed by atoms with E-state index in [1.54, 1.807) is 0 Å². The van der Waals surface area contributed by atoms with E-state index in [4.69, 9.17) is 4.55 Å². The van der Waals surface area contributed by atoms with Crippen LogP contribution in [0.2, 0.25) is 0 Å². The van der Waals surface area contributed by atoms with E-state index in [-0.39, 0.29) is 11.3 Å². The summed E-state index contributed by atoms with van der Waals surface area (Å²) >= 11 is 0. The highest BCUT2D eigenvalue weighted by atomic mass is 32.2. The summed E-state index contributed by atoms with van der Waals surface area (Å²) in [6.07, 6.45) is 0. The molecule has 1 amide bonds. The van der Waals surface area contributed by atoms with Crippen LogP contribution in [0.4, 0.5) is 5.69 Å². The molecule has 7 heteroatoms. The minimum Gasteiger partial charge on any atom is -0.318 e. The van der Waals surface area contributed by atoms with Crippen molar-refractivity contribution in [2.45, 2.75) is 4.90 Å². The molecule has 0 saturated carbocycles. The minimum absolute atomic E-state index is 0.0973. The Labute approximate surface area is 84.7 Å². The topological polar surface area (TPSA) is 101 Å². The Morgan fingerprint density at radius 3 is 2.47 bits per heavy atom. The lowest BCUT2D eigenvalue weighted by Gasteiger charge is -2.01. The van der Waals surface area contributed by atoms with E-state index in [0.29, 0.717) is 0 Å². The summed E-state index contributed by atoms with van der Waals surface area (Å²) < 4.78 is 30.7. The van der Waals surface area contributed by atoms with Crippen molar-refractivity contribution < 1.29 is 22.6 Å². The van der Waals surface area contributed by atoms with E-state index in [9.17, 15) is 18.0 Å². The SMILES string of the molecule is O=C1Nc2cccc(S(=O)(=O)O)c2C1=O. The van der Waals surface area contributed by atoms with Gasteiger partial charge >= 0.3 is 0 Å². The number of hydrogen-bond donors (Lipinski definition) is 2. The number of ketones is 1. The van der Waals surface area contributed by atoms with Gasteiger partial charge in [-0.25, -0.2) is 0 Å². The van der Waals surface area contributed by atoms with Crippen LogP contribution in [0.1, 0.15) is 10.4 Å². The van der Waals surface area contributed by atoms with Gasteiger partial charge in [0, 0.05) is 0 Å². The zero-order valence-electron chi connectivity index (χ0n) is 7.22. The van der Waals surface area contributed by atoms with Gasteiger partial charge in [0.15, 0.2) is 0 Å². The normalized spacial score (nSPS) is 15.0. The molecule has 1 heterocycles. The monoisotopic (exact) mass is 227 g/mol. The predicted molar refractivity (Wildman–Crippen MR) is 49.2 cm³/mol. The van der Waals surface area contributed by atoms with E-state index < -0.39 is 26.7 Å². The molecule has 0 aromatic heterocycles. The molecule has 0 atom stereocenters. The van der Waals surface area contributed by atoms with Crippen LogP contribution in [0.3, 0.4) is 0 Å². The number of amides is 1. The molecule has 2 N–H and O–H groups in total. The second-order valence-electron chi connectivity index (χ2n) is 2.94. The van der Waals surface area contributed by atoms with Crippen LogP contribution in [0, 0.1) is 0 Å². The molecule has 78 valence electrons. The van der Waals surface area contributed by atoms with Crippen molar-refractivity contribution in [3.8, 4) is 0 Å². The summed E-state index contributed by atoms with van der Waals surface area (Å²) in [4.78, 5) is 21.7. The number of Topliss-reactive ketones (excluding diaryl/α,β-unsaturated/α-hetero) is 1. The maximum atomic E-state index is 11.3. The number of carbonyl (C=O) groups excluding carboxylic acids is 2. The highest BCUT2D eigenvalue weighted by molar-refractivity contribution is 7.86. The van der Waals surface area contributed by atoms with Crippen LogP contribution in [-0.4, -0.2) is 24.7 Å². The lowest BCUT2D eigenvalue weighted by Crippen LogP contribution is -2.14. The molecule has 15 heavy (non-hydrogen) atoms. The van der Waals surface area contributed by atoms with Gasteiger partial charge in [-0.05, 0) is 12.1 Å². The second-order valence-corrected chi connectivity index (χ2v) is 4.33. The van der Waals surface area contributed by atoms with Crippen molar-refractivity contribution in [2.24, 2.45) is 0 Å². The number of carbonyl (C=O) groups is 2. The van der Waals surface area contributed by atoms with Gasteiger partial charge < -0.3 is 5.32 Å². The fourth-order valence-electron chi connectivity index (χ4n) is 1.38. The largest absolute Gasteiger partial charge is 0.318 e. The summed E-state index contributed by atoms with van der Waals surface area (Å²) in [5.74, 6) is -1.86. The predicted octanol–water partition coefficient (Wildman–Crippen LogP) is 0.0681. The first-order valence-corrected chi connectivity index (χ1v) is 5.31. The highest BCUT2D eigenvalue weighted by Gasteiger charge is 2.33. The fourth-order valence-corrected chi connectivity index (χ4v) is 2.09. The van der Waals surface area contributed by atoms with Crippen LogP contribution in [0.15, 0.2) is 23.1 Å². The third-order valence-corrected chi connectivity index (χ3v) is 2.88. The first-order chi connectivity index (χ1) is 6.91. The van der Waals surface area contributed by atoms with Gasteiger partial charge in [-0.15, -0.1) is 0 Å². The number of benzene rings is 1. The number of nitrogens with one attached hydrogen (secondary N) is 1. The molecule has 0 spiro atoms. The summed E-state index contributed by atoms with van der Waals surface area (Å²) in [6, 6.07) is 3.76. The maximum Gasteiger partial charge on any atom is 0.296 e. The number of anilines is 1. The smallest absolute Gasteiger partial charge is 0.296 e. The molecule has 0 unspecified atom stereocenters. The molecule has 1 aliphatic heterocycles. The van der Waals surface area contributed by atoms with Crippen LogP contribution >= 0.6 is 0 Å². The highest BCUT2D eigenvalue weighted by Crippen LogP contribution is 2.28. The summed E-state index contributed by atoms with van der Waals surface area (Å²) in [7, 11) is -4.50. The fraction of sp³-hybridized carbons (Fsp3) is 0. The van der Waals surface area contributed by atoms with E-state index in [1.807, 2.05) is 0 Å². The molecule has 0 radical (unpaired) electrons. The third-order valence-electron chi connectivity index (χ3n) is 1.99. The maximum absolute atomic E-state index is 11.3. The molecule has 2 rings (SSSR count). The summed E-state index contributed by atoms with van der Waals surface area (Å²) in [6.45, 7) is 0. The van der Waals surface area contributed by atoms with Gasteiger partial charge in [-0.2, -0.15) is 8.42 Å². The van der Waals surface area contributed by atoms with E-state index in [0.717, 1.165) is 6.07 Å². The Morgan fingerprint density at radius 1 is 1.20 bits per heavy atom. The van der Waals surface area contributed by atoms with Crippen molar-refractivity contribution in [3.05, 3.63) is 23.8 Å². The standard InChI is InChI=1S/C8H5NO5S/c10-7-6-4(9-8(7)11)2-1-3-5(6)15(12,13)14/h1-3H,(H,9,10,11)(H,12,13,14). The summed E-state index contributed by atoms with van der Waals surface area (Å²) in [5, 5.41) is 2.20. The van der Waals surface area contributed by atoms with Gasteiger partial charge in [0.05, 0.1) is 11.3 Å². The third kappa shape index (κ3) is 1.41. The van der Waals surface area contributed by atoms with Gasteiger partial charge in [-0.1, -0.05) is 6.07 Å². The van der Waals surface area contributed by atoms with Crippen molar-refractivity contribution in [1.82, 2.24) is 0 Å². The van der Waals surface area contributed by atoms with Crippen molar-refractivity contribution in [3.63, 3.8) is 0 Å². The molecule has 1 aromatic carbocycles. The van der Waals surface area contributed by atoms with E-state index in [1.165, 1.54) is 12.1 Å². The Balaban J connectivity index is 2.79. The Bertz CT molecular complexity index is 575. The first-order valence-electron chi connectivity index (χ1n) is 3.87.